The lowest BCUT2D eigenvalue weighted by molar-refractivity contribution is -0.144. The maximum atomic E-state index is 11.5. The van der Waals surface area contributed by atoms with Crippen LogP contribution in [0.4, 0.5) is 0 Å². The first-order chi connectivity index (χ1) is 7.26. The van der Waals surface area contributed by atoms with Gasteiger partial charge in [0.05, 0.1) is 7.11 Å². The molecule has 0 aromatic rings. The molecule has 2 bridgehead atoms. The number of fused-ring (bicyclic) bond motifs is 2. The minimum atomic E-state index is -0.602. The fourth-order valence-corrected chi connectivity index (χ4v) is 3.16. The number of rotatable bonds is 3. The number of carbonyl (C=O) groups excluding carboxylic acids is 1. The highest BCUT2D eigenvalue weighted by molar-refractivity contribution is 5.76. The number of hydrogen-bond donors (Lipinski definition) is 0. The third kappa shape index (κ3) is 1.79. The number of carbonyl (C=O) groups is 1. The summed E-state index contributed by atoms with van der Waals surface area (Å²) in [6.07, 6.45) is 4.65. The topological polar surface area (TPSA) is 75.1 Å². The van der Waals surface area contributed by atoms with Crippen LogP contribution in [0.3, 0.4) is 0 Å². The molecule has 0 N–H and O–H groups in total. The van der Waals surface area contributed by atoms with E-state index >= 15 is 0 Å². The Balaban J connectivity index is 2.11. The van der Waals surface area contributed by atoms with Gasteiger partial charge < -0.3 is 4.74 Å². The first-order valence-electron chi connectivity index (χ1n) is 5.38. The van der Waals surface area contributed by atoms with Crippen LogP contribution in [0.2, 0.25) is 0 Å². The largest absolute Gasteiger partial charge is 0.469 e. The Morgan fingerprint density at radius 1 is 1.53 bits per heavy atom. The molecule has 5 nitrogen and oxygen atoms in total. The third-order valence-corrected chi connectivity index (χ3v) is 3.82. The van der Waals surface area contributed by atoms with Crippen LogP contribution in [0.5, 0.6) is 0 Å². The number of azide groups is 1. The number of nitrogens with zero attached hydrogens (tertiary/aromatic N) is 3. The van der Waals surface area contributed by atoms with E-state index in [-0.39, 0.29) is 11.9 Å². The lowest BCUT2D eigenvalue weighted by Crippen LogP contribution is -2.32. The van der Waals surface area contributed by atoms with E-state index in [0.717, 1.165) is 12.3 Å². The average Bonchev–Trinajstić information content (AvgIpc) is 2.86. The van der Waals surface area contributed by atoms with E-state index in [9.17, 15) is 4.79 Å². The molecule has 5 heteroatoms. The summed E-state index contributed by atoms with van der Waals surface area (Å²) < 4.78 is 4.68. The van der Waals surface area contributed by atoms with Gasteiger partial charge in [-0.25, -0.2) is 0 Å². The van der Waals surface area contributed by atoms with Crippen molar-refractivity contribution in [3.8, 4) is 0 Å². The van der Waals surface area contributed by atoms with E-state index in [1.807, 2.05) is 0 Å². The second-order valence-electron chi connectivity index (χ2n) is 4.51. The monoisotopic (exact) mass is 209 g/mol. The van der Waals surface area contributed by atoms with Gasteiger partial charge in [0.15, 0.2) is 0 Å². The van der Waals surface area contributed by atoms with Gasteiger partial charge in [0, 0.05) is 4.91 Å². The highest BCUT2D eigenvalue weighted by Crippen LogP contribution is 2.50. The van der Waals surface area contributed by atoms with Gasteiger partial charge in [0.1, 0.15) is 6.04 Å². The van der Waals surface area contributed by atoms with Crippen molar-refractivity contribution in [2.45, 2.75) is 31.7 Å². The predicted octanol–water partition coefficient (Wildman–Crippen LogP) is 2.27. The van der Waals surface area contributed by atoms with Crippen molar-refractivity contribution in [3.63, 3.8) is 0 Å². The van der Waals surface area contributed by atoms with Gasteiger partial charge in [0.25, 0.3) is 0 Å². The molecule has 0 amide bonds. The van der Waals surface area contributed by atoms with Crippen LogP contribution < -0.4 is 0 Å². The van der Waals surface area contributed by atoms with Gasteiger partial charge in [-0.3, -0.25) is 4.79 Å². The fourth-order valence-electron chi connectivity index (χ4n) is 3.16. The average molecular weight is 209 g/mol. The molecule has 2 fully saturated rings. The van der Waals surface area contributed by atoms with Crippen molar-refractivity contribution in [1.82, 2.24) is 0 Å². The lowest BCUT2D eigenvalue weighted by atomic mass is 9.83. The van der Waals surface area contributed by atoms with E-state index in [1.54, 1.807) is 0 Å². The summed E-state index contributed by atoms with van der Waals surface area (Å²) >= 11 is 0. The minimum absolute atomic E-state index is 0.215. The third-order valence-electron chi connectivity index (χ3n) is 3.82. The zero-order chi connectivity index (χ0) is 10.8. The van der Waals surface area contributed by atoms with Crippen molar-refractivity contribution < 1.29 is 9.53 Å². The molecule has 4 unspecified atom stereocenters. The van der Waals surface area contributed by atoms with Crippen LogP contribution in [-0.2, 0) is 9.53 Å². The highest BCUT2D eigenvalue weighted by atomic mass is 16.5. The van der Waals surface area contributed by atoms with Crippen LogP contribution in [0.25, 0.3) is 10.4 Å². The van der Waals surface area contributed by atoms with E-state index < -0.39 is 6.04 Å². The zero-order valence-electron chi connectivity index (χ0n) is 8.80. The van der Waals surface area contributed by atoms with Crippen molar-refractivity contribution in [3.05, 3.63) is 10.4 Å². The molecule has 0 radical (unpaired) electrons. The van der Waals surface area contributed by atoms with Crippen molar-refractivity contribution in [2.75, 3.05) is 7.11 Å². The van der Waals surface area contributed by atoms with Gasteiger partial charge in [-0.05, 0) is 42.5 Å². The summed E-state index contributed by atoms with van der Waals surface area (Å²) in [5.74, 6) is 1.13. The van der Waals surface area contributed by atoms with Crippen LogP contribution in [-0.4, -0.2) is 19.1 Å². The standard InChI is InChI=1S/C10H15N3O2/c1-15-10(14)9(12-13-11)8-5-6-2-3-7(8)4-6/h6-9H,2-5H2,1H3. The summed E-state index contributed by atoms with van der Waals surface area (Å²) in [6.45, 7) is 0. The summed E-state index contributed by atoms with van der Waals surface area (Å²) in [6, 6.07) is -0.602. The van der Waals surface area contributed by atoms with E-state index in [0.29, 0.717) is 5.92 Å². The molecular weight excluding hydrogens is 194 g/mol. The Hall–Kier alpha value is -1.22. The molecule has 0 saturated heterocycles. The summed E-state index contributed by atoms with van der Waals surface area (Å²) in [7, 11) is 1.34. The smallest absolute Gasteiger partial charge is 0.314 e. The summed E-state index contributed by atoms with van der Waals surface area (Å²) in [5, 5.41) is 3.60. The minimum Gasteiger partial charge on any atom is -0.469 e. The zero-order valence-corrected chi connectivity index (χ0v) is 8.80. The van der Waals surface area contributed by atoms with Gasteiger partial charge in [-0.2, -0.15) is 0 Å². The molecule has 2 saturated carbocycles. The number of hydrogen-bond acceptors (Lipinski definition) is 3. The number of methoxy groups -OCH3 is 1. The van der Waals surface area contributed by atoms with Gasteiger partial charge >= 0.3 is 5.97 Å². The Morgan fingerprint density at radius 2 is 2.33 bits per heavy atom. The van der Waals surface area contributed by atoms with E-state index in [2.05, 4.69) is 14.8 Å². The molecule has 0 aromatic carbocycles. The molecule has 82 valence electrons. The number of ether oxygens (including phenoxy) is 1. The fraction of sp³-hybridized carbons (Fsp3) is 0.900. The second-order valence-corrected chi connectivity index (χ2v) is 4.51. The van der Waals surface area contributed by atoms with Crippen LogP contribution in [0, 0.1) is 17.8 Å². The highest BCUT2D eigenvalue weighted by Gasteiger charge is 2.45. The molecule has 0 heterocycles. The molecule has 4 atom stereocenters. The van der Waals surface area contributed by atoms with Crippen LogP contribution in [0.1, 0.15) is 25.7 Å². The molecule has 0 aliphatic heterocycles. The second kappa shape index (κ2) is 4.11. The first kappa shape index (κ1) is 10.3. The molecule has 0 aromatic heterocycles. The summed E-state index contributed by atoms with van der Waals surface area (Å²) in [5.41, 5.74) is 8.46. The lowest BCUT2D eigenvalue weighted by Gasteiger charge is -2.25. The summed E-state index contributed by atoms with van der Waals surface area (Å²) in [4.78, 5) is 14.2. The predicted molar refractivity (Wildman–Crippen MR) is 53.9 cm³/mol. The van der Waals surface area contributed by atoms with Gasteiger partial charge in [-0.15, -0.1) is 0 Å². The van der Waals surface area contributed by atoms with Gasteiger partial charge in [0.2, 0.25) is 0 Å². The van der Waals surface area contributed by atoms with Crippen molar-refractivity contribution in [1.29, 1.82) is 0 Å². The quantitative estimate of drug-likeness (QED) is 0.309. The van der Waals surface area contributed by atoms with Crippen LogP contribution in [0.15, 0.2) is 5.11 Å². The van der Waals surface area contributed by atoms with Gasteiger partial charge in [-0.1, -0.05) is 11.5 Å². The Bertz CT molecular complexity index is 312. The van der Waals surface area contributed by atoms with E-state index in [1.165, 1.54) is 26.4 Å². The van der Waals surface area contributed by atoms with E-state index in [4.69, 9.17) is 5.53 Å². The molecule has 2 aliphatic rings. The van der Waals surface area contributed by atoms with Crippen molar-refractivity contribution in [2.24, 2.45) is 22.9 Å². The Labute approximate surface area is 88.4 Å². The molecule has 0 spiro atoms. The Kier molecular flexibility index (Phi) is 2.82. The molecule has 2 rings (SSSR count). The molecule has 2 aliphatic carbocycles. The molecule has 15 heavy (non-hydrogen) atoms. The molecular formula is C10H15N3O2. The maximum Gasteiger partial charge on any atom is 0.314 e. The first-order valence-corrected chi connectivity index (χ1v) is 5.38. The van der Waals surface area contributed by atoms with Crippen LogP contribution >= 0.6 is 0 Å². The maximum absolute atomic E-state index is 11.5. The number of esters is 1. The normalized spacial score (nSPS) is 34.6. The van der Waals surface area contributed by atoms with Crippen molar-refractivity contribution >= 4 is 5.97 Å². The SMILES string of the molecule is COC(=O)C(N=[N+]=[N-])C1CC2CCC1C2. The Morgan fingerprint density at radius 3 is 2.80 bits per heavy atom.